The van der Waals surface area contributed by atoms with Crippen LogP contribution >= 0.6 is 0 Å². The molecule has 1 saturated carbocycles. The maximum absolute atomic E-state index is 9.68. The van der Waals surface area contributed by atoms with Crippen LogP contribution in [0.4, 0.5) is 0 Å². The Bertz CT molecular complexity index is 454. The lowest BCUT2D eigenvalue weighted by Crippen LogP contribution is -2.33. The molecule has 21 heavy (non-hydrogen) atoms. The summed E-state index contributed by atoms with van der Waals surface area (Å²) < 4.78 is 10.8. The molecule has 0 radical (unpaired) electrons. The van der Waals surface area contributed by atoms with Crippen LogP contribution in [0.1, 0.15) is 45.1 Å². The van der Waals surface area contributed by atoms with Crippen LogP contribution in [0, 0.1) is 5.92 Å². The SMILES string of the molecule is CC(C)(c1ccc(OCC2CO2)cc1)C1CCC(O)CC1. The second kappa shape index (κ2) is 5.98. The number of benzene rings is 1. The molecule has 2 fully saturated rings. The van der Waals surface area contributed by atoms with E-state index in [-0.39, 0.29) is 11.5 Å². The van der Waals surface area contributed by atoms with Crippen LogP contribution in [0.2, 0.25) is 0 Å². The molecule has 1 unspecified atom stereocenters. The molecule has 1 heterocycles. The average molecular weight is 290 g/mol. The smallest absolute Gasteiger partial charge is 0.119 e. The van der Waals surface area contributed by atoms with Gasteiger partial charge in [0.1, 0.15) is 18.5 Å². The van der Waals surface area contributed by atoms with Crippen LogP contribution in [0.3, 0.4) is 0 Å². The van der Waals surface area contributed by atoms with Gasteiger partial charge in [-0.1, -0.05) is 26.0 Å². The minimum Gasteiger partial charge on any atom is -0.491 e. The Morgan fingerprint density at radius 1 is 1.14 bits per heavy atom. The van der Waals surface area contributed by atoms with E-state index in [1.807, 2.05) is 0 Å². The Morgan fingerprint density at radius 2 is 1.76 bits per heavy atom. The van der Waals surface area contributed by atoms with E-state index in [0.29, 0.717) is 18.6 Å². The Hall–Kier alpha value is -1.06. The van der Waals surface area contributed by atoms with Gasteiger partial charge in [0, 0.05) is 0 Å². The lowest BCUT2D eigenvalue weighted by molar-refractivity contribution is 0.0880. The van der Waals surface area contributed by atoms with Crippen LogP contribution in [0.5, 0.6) is 5.75 Å². The molecule has 0 bridgehead atoms. The first-order chi connectivity index (χ1) is 10.1. The van der Waals surface area contributed by atoms with Gasteiger partial charge in [0.05, 0.1) is 12.7 Å². The fourth-order valence-electron chi connectivity index (χ4n) is 3.37. The van der Waals surface area contributed by atoms with Gasteiger partial charge in [-0.25, -0.2) is 0 Å². The monoisotopic (exact) mass is 290 g/mol. The lowest BCUT2D eigenvalue weighted by atomic mass is 9.67. The van der Waals surface area contributed by atoms with Crippen molar-refractivity contribution in [2.24, 2.45) is 5.92 Å². The standard InChI is InChI=1S/C18H26O3/c1-18(2,13-3-7-15(19)8-4-13)14-5-9-16(10-6-14)20-11-17-12-21-17/h5-6,9-10,13,15,17,19H,3-4,7-8,11-12H2,1-2H3. The van der Waals surface area contributed by atoms with E-state index in [0.717, 1.165) is 38.0 Å². The first kappa shape index (κ1) is 14.9. The number of rotatable bonds is 5. The summed E-state index contributed by atoms with van der Waals surface area (Å²) in [5.74, 6) is 1.57. The Kier molecular flexibility index (Phi) is 4.23. The maximum atomic E-state index is 9.68. The number of aliphatic hydroxyl groups excluding tert-OH is 1. The molecule has 1 saturated heterocycles. The first-order valence-corrected chi connectivity index (χ1v) is 8.08. The number of ether oxygens (including phenoxy) is 2. The van der Waals surface area contributed by atoms with Crippen LogP contribution in [-0.4, -0.2) is 30.5 Å². The van der Waals surface area contributed by atoms with E-state index in [1.54, 1.807) is 0 Å². The van der Waals surface area contributed by atoms with Gasteiger partial charge in [-0.2, -0.15) is 0 Å². The van der Waals surface area contributed by atoms with Crippen molar-refractivity contribution < 1.29 is 14.6 Å². The quantitative estimate of drug-likeness (QED) is 0.846. The molecular formula is C18H26O3. The van der Waals surface area contributed by atoms with Gasteiger partial charge in [-0.15, -0.1) is 0 Å². The topological polar surface area (TPSA) is 42.0 Å². The number of epoxide rings is 1. The zero-order valence-electron chi connectivity index (χ0n) is 13.0. The maximum Gasteiger partial charge on any atom is 0.119 e. The zero-order chi connectivity index (χ0) is 14.9. The summed E-state index contributed by atoms with van der Waals surface area (Å²) in [6.07, 6.45) is 4.33. The van der Waals surface area contributed by atoms with Gasteiger partial charge in [-0.3, -0.25) is 0 Å². The highest BCUT2D eigenvalue weighted by atomic mass is 16.6. The summed E-state index contributed by atoms with van der Waals surface area (Å²) in [5, 5.41) is 9.68. The molecular weight excluding hydrogens is 264 g/mol. The molecule has 1 aliphatic carbocycles. The molecule has 2 aliphatic rings. The van der Waals surface area contributed by atoms with Crippen molar-refractivity contribution in [3.8, 4) is 5.75 Å². The third kappa shape index (κ3) is 3.58. The number of hydrogen-bond donors (Lipinski definition) is 1. The van der Waals surface area contributed by atoms with E-state index in [1.165, 1.54) is 5.56 Å². The van der Waals surface area contributed by atoms with E-state index in [2.05, 4.69) is 38.1 Å². The van der Waals surface area contributed by atoms with E-state index < -0.39 is 0 Å². The van der Waals surface area contributed by atoms with E-state index in [4.69, 9.17) is 9.47 Å². The molecule has 0 amide bonds. The third-order valence-electron chi connectivity index (χ3n) is 5.15. The minimum absolute atomic E-state index is 0.0857. The predicted molar refractivity (Wildman–Crippen MR) is 82.7 cm³/mol. The fourth-order valence-corrected chi connectivity index (χ4v) is 3.37. The van der Waals surface area contributed by atoms with E-state index in [9.17, 15) is 5.11 Å². The van der Waals surface area contributed by atoms with Gasteiger partial charge >= 0.3 is 0 Å². The van der Waals surface area contributed by atoms with Gasteiger partial charge < -0.3 is 14.6 Å². The second-order valence-corrected chi connectivity index (χ2v) is 7.02. The Morgan fingerprint density at radius 3 is 2.33 bits per heavy atom. The fraction of sp³-hybridized carbons (Fsp3) is 0.667. The third-order valence-corrected chi connectivity index (χ3v) is 5.15. The van der Waals surface area contributed by atoms with Crippen LogP contribution in [0.15, 0.2) is 24.3 Å². The van der Waals surface area contributed by atoms with Gasteiger partial charge in [-0.05, 0) is 54.7 Å². The average Bonchev–Trinajstić information content (AvgIpc) is 3.30. The summed E-state index contributed by atoms with van der Waals surface area (Å²) in [4.78, 5) is 0. The summed E-state index contributed by atoms with van der Waals surface area (Å²) in [6.45, 7) is 6.13. The highest BCUT2D eigenvalue weighted by Gasteiger charge is 2.34. The predicted octanol–water partition coefficient (Wildman–Crippen LogP) is 3.29. The molecule has 0 spiro atoms. The summed E-state index contributed by atoms with van der Waals surface area (Å²) in [5.41, 5.74) is 1.51. The summed E-state index contributed by atoms with van der Waals surface area (Å²) in [7, 11) is 0. The largest absolute Gasteiger partial charge is 0.491 e. The minimum atomic E-state index is -0.0857. The summed E-state index contributed by atoms with van der Waals surface area (Å²) in [6, 6.07) is 8.51. The number of hydrogen-bond acceptors (Lipinski definition) is 3. The van der Waals surface area contributed by atoms with Gasteiger partial charge in [0.2, 0.25) is 0 Å². The second-order valence-electron chi connectivity index (χ2n) is 7.02. The van der Waals surface area contributed by atoms with Gasteiger partial charge in [0.15, 0.2) is 0 Å². The molecule has 116 valence electrons. The van der Waals surface area contributed by atoms with Crippen molar-refractivity contribution in [2.75, 3.05) is 13.2 Å². The molecule has 1 aromatic carbocycles. The molecule has 0 aromatic heterocycles. The normalized spacial score (nSPS) is 29.2. The number of aliphatic hydroxyl groups is 1. The molecule has 1 atom stereocenters. The molecule has 1 aliphatic heterocycles. The van der Waals surface area contributed by atoms with Crippen molar-refractivity contribution in [1.29, 1.82) is 0 Å². The Balaban J connectivity index is 1.63. The van der Waals surface area contributed by atoms with Crippen molar-refractivity contribution in [1.82, 2.24) is 0 Å². The molecule has 1 aromatic rings. The highest BCUT2D eigenvalue weighted by molar-refractivity contribution is 5.32. The van der Waals surface area contributed by atoms with Crippen molar-refractivity contribution in [3.63, 3.8) is 0 Å². The van der Waals surface area contributed by atoms with Gasteiger partial charge in [0.25, 0.3) is 0 Å². The van der Waals surface area contributed by atoms with Crippen molar-refractivity contribution in [2.45, 2.75) is 57.2 Å². The zero-order valence-corrected chi connectivity index (χ0v) is 13.0. The Labute approximate surface area is 127 Å². The van der Waals surface area contributed by atoms with Crippen LogP contribution in [0.25, 0.3) is 0 Å². The van der Waals surface area contributed by atoms with Crippen LogP contribution in [-0.2, 0) is 10.2 Å². The van der Waals surface area contributed by atoms with Crippen LogP contribution < -0.4 is 4.74 Å². The van der Waals surface area contributed by atoms with Crippen molar-refractivity contribution in [3.05, 3.63) is 29.8 Å². The molecule has 3 rings (SSSR count). The van der Waals surface area contributed by atoms with E-state index >= 15 is 0 Å². The molecule has 3 heteroatoms. The lowest BCUT2D eigenvalue weighted by Gasteiger charge is -2.38. The highest BCUT2D eigenvalue weighted by Crippen LogP contribution is 2.41. The molecule has 3 nitrogen and oxygen atoms in total. The first-order valence-electron chi connectivity index (χ1n) is 8.08. The molecule has 1 N–H and O–H groups in total. The summed E-state index contributed by atoms with van der Waals surface area (Å²) >= 11 is 0. The van der Waals surface area contributed by atoms with Crippen molar-refractivity contribution >= 4 is 0 Å².